The lowest BCUT2D eigenvalue weighted by atomic mass is 10.1. The molecule has 0 bridgehead atoms. The molecule has 1 atom stereocenters. The molecule has 3 heteroatoms. The number of ether oxygens (including phenoxy) is 1. The first-order valence-corrected chi connectivity index (χ1v) is 3.92. The molecule has 10 heavy (non-hydrogen) atoms. The van der Waals surface area contributed by atoms with Crippen LogP contribution in [0.2, 0.25) is 0 Å². The van der Waals surface area contributed by atoms with Crippen LogP contribution in [-0.4, -0.2) is 25.9 Å². The summed E-state index contributed by atoms with van der Waals surface area (Å²) in [6, 6.07) is 0. The maximum absolute atomic E-state index is 5.47. The van der Waals surface area contributed by atoms with E-state index in [1.54, 1.807) is 0 Å². The molecule has 1 radical (unpaired) electrons. The second kappa shape index (κ2) is 2.86. The first-order valence-electron chi connectivity index (χ1n) is 3.92. The SMILES string of the molecule is C1CNC2NCCO[C]2C1. The average Bonchev–Trinajstić information content (AvgIpc) is 2.05. The molecule has 0 aromatic carbocycles. The Labute approximate surface area is 61.1 Å². The van der Waals surface area contributed by atoms with E-state index in [2.05, 4.69) is 10.6 Å². The Morgan fingerprint density at radius 3 is 3.10 bits per heavy atom. The summed E-state index contributed by atoms with van der Waals surface area (Å²) in [4.78, 5) is 0. The summed E-state index contributed by atoms with van der Waals surface area (Å²) in [7, 11) is 0. The standard InChI is InChI=1S/C7H13N2O/c1-2-6-7(8-3-1)9-4-5-10-6/h7-9H,1-5H2. The lowest BCUT2D eigenvalue weighted by Gasteiger charge is -2.35. The molecule has 2 heterocycles. The van der Waals surface area contributed by atoms with Crippen LogP contribution in [0.1, 0.15) is 12.8 Å². The molecule has 0 aliphatic carbocycles. The first kappa shape index (κ1) is 6.58. The summed E-state index contributed by atoms with van der Waals surface area (Å²) < 4.78 is 5.47. The Morgan fingerprint density at radius 1 is 1.30 bits per heavy atom. The van der Waals surface area contributed by atoms with Gasteiger partial charge in [0.25, 0.3) is 0 Å². The van der Waals surface area contributed by atoms with Gasteiger partial charge in [0.1, 0.15) is 6.10 Å². The Kier molecular flexibility index (Phi) is 1.88. The third kappa shape index (κ3) is 1.17. The van der Waals surface area contributed by atoms with E-state index in [1.807, 2.05) is 0 Å². The topological polar surface area (TPSA) is 33.3 Å². The van der Waals surface area contributed by atoms with E-state index in [-0.39, 0.29) is 0 Å². The van der Waals surface area contributed by atoms with Crippen LogP contribution in [0.15, 0.2) is 0 Å². The van der Waals surface area contributed by atoms with Crippen molar-refractivity contribution in [1.29, 1.82) is 0 Å². The Bertz CT molecular complexity index is 92.2. The van der Waals surface area contributed by atoms with Gasteiger partial charge in [-0.05, 0) is 19.4 Å². The molecule has 0 spiro atoms. The van der Waals surface area contributed by atoms with Gasteiger partial charge in [0.15, 0.2) is 0 Å². The van der Waals surface area contributed by atoms with E-state index >= 15 is 0 Å². The minimum absolute atomic E-state index is 0.350. The van der Waals surface area contributed by atoms with Gasteiger partial charge >= 0.3 is 0 Å². The largest absolute Gasteiger partial charge is 0.367 e. The van der Waals surface area contributed by atoms with Crippen molar-refractivity contribution >= 4 is 0 Å². The minimum atomic E-state index is 0.350. The van der Waals surface area contributed by atoms with Crippen LogP contribution in [0.4, 0.5) is 0 Å². The predicted molar refractivity (Wildman–Crippen MR) is 38.2 cm³/mol. The summed E-state index contributed by atoms with van der Waals surface area (Å²) in [5.41, 5.74) is 0. The van der Waals surface area contributed by atoms with Crippen molar-refractivity contribution in [2.45, 2.75) is 19.0 Å². The summed E-state index contributed by atoms with van der Waals surface area (Å²) in [6.45, 7) is 2.93. The van der Waals surface area contributed by atoms with E-state index in [1.165, 1.54) is 12.5 Å². The normalized spacial score (nSPS) is 35.4. The molecular formula is C7H13N2O. The van der Waals surface area contributed by atoms with Crippen LogP contribution >= 0.6 is 0 Å². The molecule has 0 amide bonds. The monoisotopic (exact) mass is 141 g/mol. The van der Waals surface area contributed by atoms with Crippen molar-refractivity contribution in [1.82, 2.24) is 10.6 Å². The second-order valence-corrected chi connectivity index (χ2v) is 2.76. The molecule has 1 unspecified atom stereocenters. The van der Waals surface area contributed by atoms with E-state index in [0.29, 0.717) is 6.17 Å². The van der Waals surface area contributed by atoms with E-state index in [4.69, 9.17) is 4.74 Å². The maximum atomic E-state index is 5.47. The third-order valence-electron chi connectivity index (χ3n) is 2.01. The molecule has 0 aromatic heterocycles. The zero-order valence-electron chi connectivity index (χ0n) is 6.02. The number of nitrogens with one attached hydrogen (secondary N) is 2. The molecule has 3 nitrogen and oxygen atoms in total. The zero-order chi connectivity index (χ0) is 6.81. The Morgan fingerprint density at radius 2 is 2.20 bits per heavy atom. The fourth-order valence-corrected chi connectivity index (χ4v) is 1.49. The number of piperidine rings is 1. The van der Waals surface area contributed by atoms with Gasteiger partial charge in [-0.1, -0.05) is 0 Å². The van der Waals surface area contributed by atoms with Crippen LogP contribution in [0.25, 0.3) is 0 Å². The van der Waals surface area contributed by atoms with Gasteiger partial charge in [0, 0.05) is 6.54 Å². The molecule has 2 aliphatic rings. The molecule has 0 aromatic rings. The summed E-state index contributed by atoms with van der Waals surface area (Å²) in [5, 5.41) is 6.70. The molecule has 2 aliphatic heterocycles. The van der Waals surface area contributed by atoms with E-state index in [0.717, 1.165) is 26.1 Å². The van der Waals surface area contributed by atoms with Gasteiger partial charge in [0.2, 0.25) is 0 Å². The highest BCUT2D eigenvalue weighted by atomic mass is 16.5. The minimum Gasteiger partial charge on any atom is -0.367 e. The number of hydrogen-bond acceptors (Lipinski definition) is 3. The van der Waals surface area contributed by atoms with Gasteiger partial charge in [-0.15, -0.1) is 0 Å². The predicted octanol–water partition coefficient (Wildman–Crippen LogP) is -0.152. The number of fused-ring (bicyclic) bond motifs is 1. The van der Waals surface area contributed by atoms with Crippen LogP contribution in [-0.2, 0) is 4.74 Å². The second-order valence-electron chi connectivity index (χ2n) is 2.76. The molecular weight excluding hydrogens is 128 g/mol. The third-order valence-corrected chi connectivity index (χ3v) is 2.01. The van der Waals surface area contributed by atoms with Gasteiger partial charge in [-0.2, -0.15) is 0 Å². The van der Waals surface area contributed by atoms with Crippen molar-refractivity contribution in [3.05, 3.63) is 6.10 Å². The molecule has 2 rings (SSSR count). The smallest absolute Gasteiger partial charge is 0.128 e. The molecule has 2 N–H and O–H groups in total. The van der Waals surface area contributed by atoms with Gasteiger partial charge in [-0.3, -0.25) is 10.6 Å². The van der Waals surface area contributed by atoms with Gasteiger partial charge in [-0.25, -0.2) is 0 Å². The Balaban J connectivity index is 1.93. The lowest BCUT2D eigenvalue weighted by Crippen LogP contribution is -2.54. The maximum Gasteiger partial charge on any atom is 0.128 e. The average molecular weight is 141 g/mol. The highest BCUT2D eigenvalue weighted by Gasteiger charge is 2.28. The summed E-state index contributed by atoms with van der Waals surface area (Å²) >= 11 is 0. The molecule has 2 fully saturated rings. The van der Waals surface area contributed by atoms with Crippen LogP contribution in [0.3, 0.4) is 0 Å². The van der Waals surface area contributed by atoms with E-state index < -0.39 is 0 Å². The molecule has 2 saturated heterocycles. The highest BCUT2D eigenvalue weighted by Crippen LogP contribution is 2.20. The Hall–Kier alpha value is -0.120. The number of hydrogen-bond donors (Lipinski definition) is 2. The van der Waals surface area contributed by atoms with Crippen molar-refractivity contribution in [2.75, 3.05) is 19.7 Å². The van der Waals surface area contributed by atoms with E-state index in [9.17, 15) is 0 Å². The highest BCUT2D eigenvalue weighted by molar-refractivity contribution is 4.97. The van der Waals surface area contributed by atoms with Gasteiger partial charge < -0.3 is 4.74 Å². The quantitative estimate of drug-likeness (QED) is 0.492. The number of morpholine rings is 1. The lowest BCUT2D eigenvalue weighted by molar-refractivity contribution is 0.0505. The van der Waals surface area contributed by atoms with Crippen molar-refractivity contribution in [2.24, 2.45) is 0 Å². The van der Waals surface area contributed by atoms with Crippen molar-refractivity contribution < 1.29 is 4.74 Å². The first-order chi connectivity index (χ1) is 4.97. The fraction of sp³-hybridized carbons (Fsp3) is 0.857. The zero-order valence-corrected chi connectivity index (χ0v) is 6.02. The fourth-order valence-electron chi connectivity index (χ4n) is 1.49. The van der Waals surface area contributed by atoms with Gasteiger partial charge in [0.05, 0.1) is 12.8 Å². The van der Waals surface area contributed by atoms with Crippen molar-refractivity contribution in [3.63, 3.8) is 0 Å². The van der Waals surface area contributed by atoms with Crippen LogP contribution in [0, 0.1) is 6.10 Å². The molecule has 0 saturated carbocycles. The summed E-state index contributed by atoms with van der Waals surface area (Å²) in [5.74, 6) is 0. The van der Waals surface area contributed by atoms with Crippen LogP contribution in [0.5, 0.6) is 0 Å². The summed E-state index contributed by atoms with van der Waals surface area (Å²) in [6.07, 6.45) is 3.90. The van der Waals surface area contributed by atoms with Crippen molar-refractivity contribution in [3.8, 4) is 0 Å². The molecule has 57 valence electrons. The van der Waals surface area contributed by atoms with Crippen LogP contribution < -0.4 is 10.6 Å². The number of rotatable bonds is 0.